The molecule has 4 aromatic carbocycles. The molecular weight excluding hydrogens is 1220 g/mol. The fourth-order valence-electron chi connectivity index (χ4n) is 10.2. The molecule has 0 saturated carbocycles. The Morgan fingerprint density at radius 2 is 1.42 bits per heavy atom. The highest BCUT2D eigenvalue weighted by Crippen LogP contribution is 2.43. The number of imide groups is 1. The molecule has 2 aliphatic rings. The summed E-state index contributed by atoms with van der Waals surface area (Å²) >= 11 is 1.42. The molecule has 1 saturated heterocycles. The molecule has 26 nitrogen and oxygen atoms in total. The van der Waals surface area contributed by atoms with E-state index in [9.17, 15) is 38.5 Å². The van der Waals surface area contributed by atoms with Crippen LogP contribution in [0.25, 0.3) is 44.8 Å². The number of carbonyl (C=O) groups excluding carboxylic acids is 4. The Morgan fingerprint density at radius 3 is 2.16 bits per heavy atom. The summed E-state index contributed by atoms with van der Waals surface area (Å²) in [7, 11) is -2.87. The fourth-order valence-corrected chi connectivity index (χ4v) is 11.8. The minimum absolute atomic E-state index is 0.0169. The normalized spacial score (nSPS) is 14.5. The van der Waals surface area contributed by atoms with Crippen molar-refractivity contribution in [1.82, 2.24) is 40.2 Å². The van der Waals surface area contributed by atoms with E-state index in [4.69, 9.17) is 37.4 Å². The lowest BCUT2D eigenvalue weighted by Crippen LogP contribution is -2.36. The SMILES string of the molecule is COP(=O)(O)OCCCCCCSC1CC(=O)N(CCC(=O)NCCCC(=O)N2Cc3ccccc3-c3c(nnn3CCOCCOCCOCCOCCOCCn3cc(COc4c(O)ccc5c(=O)cc(-c6ccccc6)oc45)nn3)-c3ccccc32)C1=O. The van der Waals surface area contributed by atoms with Gasteiger partial charge < -0.3 is 53.1 Å². The molecular formula is C63H76N9O17PS. The average Bonchev–Trinajstić information content (AvgIpc) is 1.78. The van der Waals surface area contributed by atoms with Crippen molar-refractivity contribution >= 4 is 59.9 Å². The number of unbranched alkanes of at least 4 members (excludes halogenated alkanes) is 3. The van der Waals surface area contributed by atoms with E-state index in [1.54, 1.807) is 15.8 Å². The van der Waals surface area contributed by atoms with Gasteiger partial charge in [0.2, 0.25) is 29.4 Å². The van der Waals surface area contributed by atoms with Gasteiger partial charge in [-0.1, -0.05) is 96.1 Å². The van der Waals surface area contributed by atoms with Crippen LogP contribution >= 0.6 is 19.6 Å². The Morgan fingerprint density at radius 1 is 0.736 bits per heavy atom. The number of thioether (sulfide) groups is 1. The molecule has 5 heterocycles. The van der Waals surface area contributed by atoms with E-state index < -0.39 is 13.1 Å². The topological polar surface area (TPSA) is 310 Å². The van der Waals surface area contributed by atoms with Crippen molar-refractivity contribution in [3.05, 3.63) is 125 Å². The van der Waals surface area contributed by atoms with Crippen molar-refractivity contribution in [3.63, 3.8) is 0 Å². The number of nitrogens with zero attached hydrogens (tertiary/aromatic N) is 8. The van der Waals surface area contributed by atoms with Gasteiger partial charge in [0.1, 0.15) is 23.8 Å². The van der Waals surface area contributed by atoms with Crippen molar-refractivity contribution in [2.24, 2.45) is 0 Å². The lowest BCUT2D eigenvalue weighted by molar-refractivity contribution is -0.138. The van der Waals surface area contributed by atoms with Gasteiger partial charge >= 0.3 is 7.82 Å². The number of anilines is 1. The van der Waals surface area contributed by atoms with E-state index >= 15 is 0 Å². The number of amides is 4. The molecule has 1 fully saturated rings. The van der Waals surface area contributed by atoms with E-state index in [0.717, 1.165) is 53.7 Å². The third-order valence-electron chi connectivity index (χ3n) is 14.8. The van der Waals surface area contributed by atoms with Gasteiger partial charge in [-0.05, 0) is 48.8 Å². The van der Waals surface area contributed by atoms with Crippen LogP contribution < -0.4 is 20.4 Å². The van der Waals surface area contributed by atoms with Crippen LogP contribution in [0, 0.1) is 0 Å². The summed E-state index contributed by atoms with van der Waals surface area (Å²) < 4.78 is 64.7. The van der Waals surface area contributed by atoms with Gasteiger partial charge in [0.15, 0.2) is 16.8 Å². The Bertz CT molecular complexity index is 3640. The number of phenolic OH excluding ortho intramolecular Hbond substituents is 1. The molecule has 4 amide bonds. The first-order chi connectivity index (χ1) is 44.4. The third-order valence-corrected chi connectivity index (χ3v) is 17.1. The molecule has 28 heteroatoms. The molecule has 486 valence electrons. The monoisotopic (exact) mass is 1290 g/mol. The summed E-state index contributed by atoms with van der Waals surface area (Å²) in [5.41, 5.74) is 5.79. The highest BCUT2D eigenvalue weighted by molar-refractivity contribution is 8.00. The number of para-hydroxylation sites is 1. The van der Waals surface area contributed by atoms with Crippen LogP contribution in [0.3, 0.4) is 0 Å². The molecule has 2 unspecified atom stereocenters. The number of nitrogens with one attached hydrogen (secondary N) is 1. The lowest BCUT2D eigenvalue weighted by Gasteiger charge is -2.28. The van der Waals surface area contributed by atoms with Crippen molar-refractivity contribution in [1.29, 1.82) is 0 Å². The van der Waals surface area contributed by atoms with Crippen LogP contribution in [-0.4, -0.2) is 172 Å². The predicted octanol–water partition coefficient (Wildman–Crippen LogP) is 7.36. The van der Waals surface area contributed by atoms with Gasteiger partial charge in [0.25, 0.3) is 0 Å². The average molecular weight is 1290 g/mol. The molecule has 0 aliphatic carbocycles. The van der Waals surface area contributed by atoms with E-state index in [1.165, 1.54) is 30.0 Å². The molecule has 91 heavy (non-hydrogen) atoms. The van der Waals surface area contributed by atoms with Gasteiger partial charge in [-0.15, -0.1) is 22.0 Å². The molecule has 0 bridgehead atoms. The Kier molecular flexibility index (Phi) is 25.8. The van der Waals surface area contributed by atoms with Crippen molar-refractivity contribution < 1.29 is 75.6 Å². The summed E-state index contributed by atoms with van der Waals surface area (Å²) in [4.78, 5) is 77.8. The maximum absolute atomic E-state index is 14.1. The van der Waals surface area contributed by atoms with Crippen LogP contribution in [-0.2, 0) is 82.7 Å². The molecule has 3 aromatic heterocycles. The van der Waals surface area contributed by atoms with E-state index in [0.29, 0.717) is 133 Å². The van der Waals surface area contributed by atoms with Gasteiger partial charge in [-0.3, -0.25) is 37.9 Å². The maximum Gasteiger partial charge on any atom is 0.471 e. The largest absolute Gasteiger partial charge is 0.504 e. The van der Waals surface area contributed by atoms with Crippen LogP contribution in [0.15, 0.2) is 112 Å². The molecule has 2 atom stereocenters. The second-order valence-electron chi connectivity index (χ2n) is 21.2. The number of benzene rings is 4. The summed E-state index contributed by atoms with van der Waals surface area (Å²) in [6.45, 7) is 5.25. The van der Waals surface area contributed by atoms with Crippen LogP contribution in [0.4, 0.5) is 5.69 Å². The molecule has 7 aromatic rings. The van der Waals surface area contributed by atoms with Gasteiger partial charge in [-0.25, -0.2) is 13.9 Å². The van der Waals surface area contributed by atoms with Gasteiger partial charge in [0, 0.05) is 62.2 Å². The second-order valence-corrected chi connectivity index (χ2v) is 24.0. The number of aromatic nitrogens is 6. The first kappa shape index (κ1) is 67.7. The van der Waals surface area contributed by atoms with Gasteiger partial charge in [-0.2, -0.15) is 0 Å². The number of carbonyl (C=O) groups is 4. The number of hydrogen-bond donors (Lipinski definition) is 3. The number of phosphoric ester groups is 1. The third kappa shape index (κ3) is 19.4. The van der Waals surface area contributed by atoms with E-state index in [1.807, 2.05) is 83.5 Å². The Hall–Kier alpha value is -7.69. The number of aromatic hydroxyl groups is 1. The minimum atomic E-state index is -3.98. The smallest absolute Gasteiger partial charge is 0.471 e. The highest BCUT2D eigenvalue weighted by atomic mass is 32.2. The first-order valence-corrected chi connectivity index (χ1v) is 32.8. The molecule has 2 aliphatic heterocycles. The first-order valence-electron chi connectivity index (χ1n) is 30.3. The number of rotatable bonds is 39. The zero-order chi connectivity index (χ0) is 63.8. The number of hydrogen-bond acceptors (Lipinski definition) is 21. The molecule has 3 N–H and O–H groups in total. The molecule has 0 radical (unpaired) electrons. The highest BCUT2D eigenvalue weighted by Gasteiger charge is 2.38. The standard InChI is InChI=1S/C63H76N9O17PS/c1-81-90(79,80)88-28-11-2-3-12-39-91-55-41-58(77)70(63(55)78)25-23-56(75)64-24-13-20-57(76)71-42-46-16-7-8-17-48(46)60-59(49-18-9-10-19-51(49)71)66-68-72(60)27-30-83-32-34-85-36-38-86-37-35-84-33-31-82-29-26-69-43-47(65-67-69)44-87-62-52(73)22-21-50-53(74)40-54(89-61(50)62)45-14-5-4-6-15-45/h4-10,14-19,21-22,40,43,55,73H,2-3,11-13,20,23-39,41-42,44H2,1H3,(H,64,75)(H,79,80). The second kappa shape index (κ2) is 34.7. The quantitative estimate of drug-likeness (QED) is 0.0192. The number of fused-ring (bicyclic) bond motifs is 6. The van der Waals surface area contributed by atoms with Crippen molar-refractivity contribution in [3.8, 4) is 45.3 Å². The van der Waals surface area contributed by atoms with Crippen molar-refractivity contribution in [2.45, 2.75) is 82.9 Å². The number of phenols is 1. The van der Waals surface area contributed by atoms with Crippen LogP contribution in [0.5, 0.6) is 11.5 Å². The Labute approximate surface area is 530 Å². The van der Waals surface area contributed by atoms with Gasteiger partial charge in [0.05, 0.1) is 121 Å². The summed E-state index contributed by atoms with van der Waals surface area (Å²) in [6, 6.07) is 29.0. The van der Waals surface area contributed by atoms with E-state index in [2.05, 4.69) is 30.5 Å². The number of ether oxygens (including phenoxy) is 6. The zero-order valence-corrected chi connectivity index (χ0v) is 52.4. The van der Waals surface area contributed by atoms with Crippen LogP contribution in [0.2, 0.25) is 0 Å². The Balaban J connectivity index is 0.610. The fraction of sp³-hybridized carbons (Fsp3) is 0.444. The van der Waals surface area contributed by atoms with Crippen molar-refractivity contribution in [2.75, 3.05) is 104 Å². The van der Waals surface area contributed by atoms with E-state index in [-0.39, 0.29) is 97.1 Å². The number of phosphoric acid groups is 1. The maximum atomic E-state index is 14.1. The molecule has 0 spiro atoms. The van der Waals surface area contributed by atoms with Crippen LogP contribution in [0.1, 0.15) is 62.6 Å². The lowest BCUT2D eigenvalue weighted by atomic mass is 9.95. The summed E-state index contributed by atoms with van der Waals surface area (Å²) in [6.07, 6.45) is 5.27. The molecule has 9 rings (SSSR count). The zero-order valence-electron chi connectivity index (χ0n) is 50.7. The summed E-state index contributed by atoms with van der Waals surface area (Å²) in [5, 5.41) is 30.7. The predicted molar refractivity (Wildman–Crippen MR) is 336 cm³/mol. The minimum Gasteiger partial charge on any atom is -0.504 e. The summed E-state index contributed by atoms with van der Waals surface area (Å²) in [5.74, 6) is -0.153. The number of likely N-dealkylation sites (tertiary alicyclic amines) is 1.